The molecule has 2 aromatic rings. The van der Waals surface area contributed by atoms with Crippen LogP contribution < -0.4 is 4.90 Å². The van der Waals surface area contributed by atoms with Crippen molar-refractivity contribution in [3.05, 3.63) is 12.7 Å². The Labute approximate surface area is 142 Å². The molecule has 0 aliphatic heterocycles. The normalized spacial score (nSPS) is 22.0. The van der Waals surface area contributed by atoms with E-state index in [1.54, 1.807) is 12.7 Å². The van der Waals surface area contributed by atoms with Crippen LogP contribution in [0.2, 0.25) is 0 Å². The summed E-state index contributed by atoms with van der Waals surface area (Å²) < 4.78 is 2.00. The summed E-state index contributed by atoms with van der Waals surface area (Å²) >= 11 is 0. The Hall–Kier alpha value is -1.73. The van der Waals surface area contributed by atoms with Gasteiger partial charge in [-0.25, -0.2) is 15.0 Å². The number of aliphatic hydroxyl groups is 2. The van der Waals surface area contributed by atoms with E-state index >= 15 is 0 Å². The number of anilines is 1. The molecule has 2 atom stereocenters. The zero-order valence-electron chi connectivity index (χ0n) is 14.7. The van der Waals surface area contributed by atoms with E-state index in [1.807, 2.05) is 30.4 Å². The van der Waals surface area contributed by atoms with Crippen molar-refractivity contribution >= 4 is 17.0 Å². The number of hydrogen-bond donors (Lipinski definition) is 2. The molecule has 7 heteroatoms. The molecule has 1 aliphatic rings. The highest BCUT2D eigenvalue weighted by Gasteiger charge is 2.28. The molecule has 2 heterocycles. The Morgan fingerprint density at radius 2 is 2.00 bits per heavy atom. The highest BCUT2D eigenvalue weighted by atomic mass is 16.3. The average Bonchev–Trinajstić information content (AvgIpc) is 2.98. The van der Waals surface area contributed by atoms with Crippen LogP contribution in [-0.4, -0.2) is 56.0 Å². The molecule has 0 amide bonds. The number of fused-ring (bicyclic) bond motifs is 1. The minimum atomic E-state index is -0.347. The Balaban J connectivity index is 1.94. The number of aliphatic hydroxyl groups excluding tert-OH is 2. The van der Waals surface area contributed by atoms with Crippen LogP contribution >= 0.6 is 0 Å². The lowest BCUT2D eigenvalue weighted by Crippen LogP contribution is -2.34. The smallest absolute Gasteiger partial charge is 0.165 e. The van der Waals surface area contributed by atoms with Crippen LogP contribution in [0.25, 0.3) is 11.2 Å². The third-order valence-corrected chi connectivity index (χ3v) is 4.85. The van der Waals surface area contributed by atoms with Gasteiger partial charge in [0.15, 0.2) is 17.0 Å². The van der Waals surface area contributed by atoms with E-state index in [4.69, 9.17) is 0 Å². The molecule has 1 aliphatic carbocycles. The summed E-state index contributed by atoms with van der Waals surface area (Å²) in [7, 11) is 1.95. The predicted octanol–water partition coefficient (Wildman–Crippen LogP) is 1.76. The van der Waals surface area contributed by atoms with Crippen LogP contribution in [0, 0.1) is 5.41 Å². The fraction of sp³-hybridized carbons (Fsp3) is 0.706. The van der Waals surface area contributed by atoms with Crippen LogP contribution in [0.3, 0.4) is 0 Å². The third kappa shape index (κ3) is 3.23. The van der Waals surface area contributed by atoms with Crippen LogP contribution in [-0.2, 0) is 0 Å². The predicted molar refractivity (Wildman–Crippen MR) is 93.0 cm³/mol. The van der Waals surface area contributed by atoms with Crippen molar-refractivity contribution in [2.75, 3.05) is 25.1 Å². The van der Waals surface area contributed by atoms with E-state index in [9.17, 15) is 10.2 Å². The van der Waals surface area contributed by atoms with E-state index < -0.39 is 0 Å². The van der Waals surface area contributed by atoms with Crippen LogP contribution in [0.4, 0.5) is 5.82 Å². The Morgan fingerprint density at radius 1 is 1.25 bits per heavy atom. The van der Waals surface area contributed by atoms with Crippen molar-refractivity contribution in [3.63, 3.8) is 0 Å². The van der Waals surface area contributed by atoms with Gasteiger partial charge in [-0.2, -0.15) is 0 Å². The highest BCUT2D eigenvalue weighted by molar-refractivity contribution is 5.83. The summed E-state index contributed by atoms with van der Waals surface area (Å²) in [6.45, 7) is 4.79. The quantitative estimate of drug-likeness (QED) is 0.867. The molecule has 1 fully saturated rings. The lowest BCUT2D eigenvalue weighted by Gasteiger charge is -2.30. The molecule has 24 heavy (non-hydrogen) atoms. The van der Waals surface area contributed by atoms with Gasteiger partial charge in [0.05, 0.1) is 18.5 Å². The number of rotatable bonds is 5. The maximum absolute atomic E-state index is 10.3. The van der Waals surface area contributed by atoms with Gasteiger partial charge in [-0.3, -0.25) is 0 Å². The monoisotopic (exact) mass is 333 g/mol. The van der Waals surface area contributed by atoms with Crippen molar-refractivity contribution < 1.29 is 10.2 Å². The van der Waals surface area contributed by atoms with Crippen molar-refractivity contribution in [1.29, 1.82) is 0 Å². The molecule has 0 radical (unpaired) electrons. The average molecular weight is 333 g/mol. The summed E-state index contributed by atoms with van der Waals surface area (Å²) in [5, 5.41) is 19.8. The zero-order chi connectivity index (χ0) is 17.3. The summed E-state index contributed by atoms with van der Waals surface area (Å²) in [6, 6.07) is 0.0330. The fourth-order valence-corrected chi connectivity index (χ4v) is 3.54. The van der Waals surface area contributed by atoms with Gasteiger partial charge in [-0.05, 0) is 12.8 Å². The molecule has 0 spiro atoms. The van der Waals surface area contributed by atoms with E-state index in [-0.39, 0.29) is 24.2 Å². The summed E-state index contributed by atoms with van der Waals surface area (Å²) in [4.78, 5) is 15.3. The van der Waals surface area contributed by atoms with E-state index in [0.29, 0.717) is 6.54 Å². The molecule has 0 bridgehead atoms. The van der Waals surface area contributed by atoms with E-state index in [0.717, 1.165) is 42.7 Å². The second-order valence-corrected chi connectivity index (χ2v) is 7.62. The number of aromatic nitrogens is 4. The number of nitrogens with zero attached hydrogens (tertiary/aromatic N) is 5. The maximum Gasteiger partial charge on any atom is 0.165 e. The third-order valence-electron chi connectivity index (χ3n) is 4.85. The summed E-state index contributed by atoms with van der Waals surface area (Å²) in [5.41, 5.74) is 1.28. The Morgan fingerprint density at radius 3 is 2.71 bits per heavy atom. The topological polar surface area (TPSA) is 87.3 Å². The molecule has 132 valence electrons. The SMILES string of the molecule is CN(CC(C)(C)CO)c1ncnc2c1ncn2[C@@H]1CCCC[C@@H]1O. The highest BCUT2D eigenvalue weighted by Crippen LogP contribution is 2.32. The first-order valence-corrected chi connectivity index (χ1v) is 8.60. The van der Waals surface area contributed by atoms with Crippen LogP contribution in [0.15, 0.2) is 12.7 Å². The van der Waals surface area contributed by atoms with Gasteiger partial charge < -0.3 is 19.7 Å². The number of hydrogen-bond acceptors (Lipinski definition) is 6. The van der Waals surface area contributed by atoms with E-state index in [1.165, 1.54) is 0 Å². The fourth-order valence-electron chi connectivity index (χ4n) is 3.54. The Bertz CT molecular complexity index is 699. The molecular weight excluding hydrogens is 306 g/mol. The van der Waals surface area contributed by atoms with Gasteiger partial charge in [0.25, 0.3) is 0 Å². The van der Waals surface area contributed by atoms with Crippen LogP contribution in [0.1, 0.15) is 45.6 Å². The van der Waals surface area contributed by atoms with Crippen molar-refractivity contribution in [3.8, 4) is 0 Å². The minimum Gasteiger partial charge on any atom is -0.396 e. The Kier molecular flexibility index (Phi) is 4.73. The zero-order valence-corrected chi connectivity index (χ0v) is 14.7. The van der Waals surface area contributed by atoms with Gasteiger partial charge in [-0.15, -0.1) is 0 Å². The van der Waals surface area contributed by atoms with Crippen molar-refractivity contribution in [2.45, 2.75) is 51.7 Å². The molecule has 7 nitrogen and oxygen atoms in total. The molecule has 0 aromatic carbocycles. The standard InChI is InChI=1S/C17H27N5O2/c1-17(2,9-23)8-21(3)15-14-16(19-10-18-15)22(11-20-14)12-6-4-5-7-13(12)24/h10-13,23-24H,4-9H2,1-3H3/t12-,13+/m1/s1. The molecule has 0 saturated heterocycles. The van der Waals surface area contributed by atoms with Crippen LogP contribution in [0.5, 0.6) is 0 Å². The summed E-state index contributed by atoms with van der Waals surface area (Å²) in [5.74, 6) is 0.755. The second-order valence-electron chi connectivity index (χ2n) is 7.62. The molecule has 3 rings (SSSR count). The van der Waals surface area contributed by atoms with E-state index in [2.05, 4.69) is 15.0 Å². The maximum atomic E-state index is 10.3. The first-order chi connectivity index (χ1) is 11.4. The first-order valence-electron chi connectivity index (χ1n) is 8.60. The van der Waals surface area contributed by atoms with Gasteiger partial charge in [0, 0.05) is 25.6 Å². The summed E-state index contributed by atoms with van der Waals surface area (Å²) in [6.07, 6.45) is 6.93. The lowest BCUT2D eigenvalue weighted by molar-refractivity contribution is 0.0770. The number of imidazole rings is 1. The molecule has 2 aromatic heterocycles. The van der Waals surface area contributed by atoms with Crippen molar-refractivity contribution in [2.24, 2.45) is 5.41 Å². The van der Waals surface area contributed by atoms with Gasteiger partial charge in [0.1, 0.15) is 6.33 Å². The van der Waals surface area contributed by atoms with Gasteiger partial charge >= 0.3 is 0 Å². The molecule has 1 saturated carbocycles. The van der Waals surface area contributed by atoms with Gasteiger partial charge in [-0.1, -0.05) is 26.7 Å². The first kappa shape index (κ1) is 17.1. The largest absolute Gasteiger partial charge is 0.396 e. The van der Waals surface area contributed by atoms with Gasteiger partial charge in [0.2, 0.25) is 0 Å². The molecular formula is C17H27N5O2. The lowest BCUT2D eigenvalue weighted by atomic mass is 9.92. The van der Waals surface area contributed by atoms with Crippen molar-refractivity contribution in [1.82, 2.24) is 19.5 Å². The second kappa shape index (κ2) is 6.64. The molecule has 2 N–H and O–H groups in total. The minimum absolute atomic E-state index is 0.0330. The molecule has 0 unspecified atom stereocenters.